The van der Waals surface area contributed by atoms with Gasteiger partial charge in [0.05, 0.1) is 18.8 Å². The lowest BCUT2D eigenvalue weighted by Crippen LogP contribution is -2.57. The Morgan fingerprint density at radius 2 is 1.81 bits per heavy atom. The summed E-state index contributed by atoms with van der Waals surface area (Å²) in [5.74, 6) is -2.05. The fourth-order valence-corrected chi connectivity index (χ4v) is 2.59. The Morgan fingerprint density at radius 3 is 2.33 bits per heavy atom. The van der Waals surface area contributed by atoms with Gasteiger partial charge < -0.3 is 44.8 Å². The molecule has 2 heterocycles. The van der Waals surface area contributed by atoms with Crippen LogP contribution < -0.4 is 0 Å². The highest BCUT2D eigenvalue weighted by atomic mass is 16.8. The third-order valence-corrected chi connectivity index (χ3v) is 3.83. The molecule has 9 nitrogen and oxygen atoms in total. The van der Waals surface area contributed by atoms with Crippen LogP contribution in [0.15, 0.2) is 0 Å². The highest BCUT2D eigenvalue weighted by Crippen LogP contribution is 2.35. The van der Waals surface area contributed by atoms with E-state index in [4.69, 9.17) is 19.3 Å². The highest BCUT2D eigenvalue weighted by molar-refractivity contribution is 4.97. The van der Waals surface area contributed by atoms with E-state index < -0.39 is 61.9 Å². The zero-order chi connectivity index (χ0) is 15.8. The number of hydrogen-bond acceptors (Lipinski definition) is 9. The summed E-state index contributed by atoms with van der Waals surface area (Å²) in [6, 6.07) is 0. The average Bonchev–Trinajstić information content (AvgIpc) is 2.69. The SMILES string of the molecule is C[C@@H]1C[C@H](O)[C@@H](O)[C@@H](O[C@]2(CO)O[C@H](CO)[C@@H](O)[C@@H]2O)O1. The van der Waals surface area contributed by atoms with Gasteiger partial charge >= 0.3 is 0 Å². The van der Waals surface area contributed by atoms with Crippen LogP contribution in [0.4, 0.5) is 0 Å². The van der Waals surface area contributed by atoms with Gasteiger partial charge in [0, 0.05) is 6.42 Å². The van der Waals surface area contributed by atoms with E-state index in [0.717, 1.165) is 0 Å². The second-order valence-corrected chi connectivity index (χ2v) is 5.47. The van der Waals surface area contributed by atoms with Crippen LogP contribution in [-0.2, 0) is 14.2 Å². The molecule has 9 heteroatoms. The van der Waals surface area contributed by atoms with Gasteiger partial charge in [0.25, 0.3) is 0 Å². The van der Waals surface area contributed by atoms with E-state index in [-0.39, 0.29) is 6.42 Å². The normalized spacial score (nSPS) is 51.3. The van der Waals surface area contributed by atoms with Crippen molar-refractivity contribution in [3.05, 3.63) is 0 Å². The molecule has 0 radical (unpaired) electrons. The molecule has 2 fully saturated rings. The van der Waals surface area contributed by atoms with Crippen LogP contribution in [-0.4, -0.2) is 92.6 Å². The predicted molar refractivity (Wildman–Crippen MR) is 65.8 cm³/mol. The van der Waals surface area contributed by atoms with Crippen LogP contribution >= 0.6 is 0 Å². The monoisotopic (exact) mass is 310 g/mol. The van der Waals surface area contributed by atoms with E-state index in [1.807, 2.05) is 0 Å². The maximum atomic E-state index is 9.99. The number of hydrogen-bond donors (Lipinski definition) is 6. The Morgan fingerprint density at radius 1 is 1.14 bits per heavy atom. The molecular weight excluding hydrogens is 288 g/mol. The number of rotatable bonds is 4. The zero-order valence-corrected chi connectivity index (χ0v) is 11.6. The first-order valence-electron chi connectivity index (χ1n) is 6.79. The molecule has 0 amide bonds. The fourth-order valence-electron chi connectivity index (χ4n) is 2.59. The van der Waals surface area contributed by atoms with E-state index in [1.165, 1.54) is 0 Å². The van der Waals surface area contributed by atoms with Gasteiger partial charge in [0.1, 0.15) is 31.0 Å². The van der Waals surface area contributed by atoms with Gasteiger partial charge in [0.2, 0.25) is 5.79 Å². The minimum Gasteiger partial charge on any atom is -0.394 e. The number of ether oxygens (including phenoxy) is 3. The molecule has 0 bridgehead atoms. The van der Waals surface area contributed by atoms with Gasteiger partial charge in [0.15, 0.2) is 6.29 Å². The fraction of sp³-hybridized carbons (Fsp3) is 1.00. The van der Waals surface area contributed by atoms with Crippen LogP contribution in [0, 0.1) is 0 Å². The number of aliphatic hydroxyl groups excluding tert-OH is 6. The third kappa shape index (κ3) is 3.07. The van der Waals surface area contributed by atoms with Gasteiger partial charge in [-0.1, -0.05) is 0 Å². The molecule has 0 aromatic heterocycles. The largest absolute Gasteiger partial charge is 0.394 e. The Hall–Kier alpha value is -0.360. The molecule has 0 aromatic rings. The Labute approximate surface area is 121 Å². The Balaban J connectivity index is 2.15. The van der Waals surface area contributed by atoms with Gasteiger partial charge in [-0.15, -0.1) is 0 Å². The summed E-state index contributed by atoms with van der Waals surface area (Å²) in [5, 5.41) is 57.8. The van der Waals surface area contributed by atoms with Gasteiger partial charge in [-0.25, -0.2) is 0 Å². The smallest absolute Gasteiger partial charge is 0.224 e. The maximum Gasteiger partial charge on any atom is 0.224 e. The van der Waals surface area contributed by atoms with Crippen molar-refractivity contribution in [3.63, 3.8) is 0 Å². The van der Waals surface area contributed by atoms with Crippen molar-refractivity contribution in [2.24, 2.45) is 0 Å². The third-order valence-electron chi connectivity index (χ3n) is 3.83. The quantitative estimate of drug-likeness (QED) is 0.313. The minimum absolute atomic E-state index is 0.207. The first-order chi connectivity index (χ1) is 9.84. The van der Waals surface area contributed by atoms with Gasteiger partial charge in [-0.3, -0.25) is 0 Å². The van der Waals surface area contributed by atoms with Gasteiger partial charge in [-0.05, 0) is 6.92 Å². The molecule has 0 spiro atoms. The molecule has 124 valence electrons. The second kappa shape index (κ2) is 6.41. The molecule has 8 atom stereocenters. The topological polar surface area (TPSA) is 149 Å². The van der Waals surface area contributed by atoms with Crippen molar-refractivity contribution in [1.29, 1.82) is 0 Å². The van der Waals surface area contributed by atoms with E-state index in [9.17, 15) is 25.5 Å². The van der Waals surface area contributed by atoms with Crippen LogP contribution in [0.3, 0.4) is 0 Å². The van der Waals surface area contributed by atoms with Crippen LogP contribution in [0.2, 0.25) is 0 Å². The van der Waals surface area contributed by atoms with Crippen molar-refractivity contribution in [3.8, 4) is 0 Å². The first kappa shape index (κ1) is 17.0. The molecule has 2 aliphatic rings. The molecule has 0 aliphatic carbocycles. The average molecular weight is 310 g/mol. The van der Waals surface area contributed by atoms with Crippen LogP contribution in [0.5, 0.6) is 0 Å². The van der Waals surface area contributed by atoms with Crippen molar-refractivity contribution >= 4 is 0 Å². The molecule has 0 saturated carbocycles. The van der Waals surface area contributed by atoms with Crippen molar-refractivity contribution in [2.45, 2.75) is 62.0 Å². The highest BCUT2D eigenvalue weighted by Gasteiger charge is 2.57. The zero-order valence-electron chi connectivity index (χ0n) is 11.6. The van der Waals surface area contributed by atoms with Crippen LogP contribution in [0.1, 0.15) is 13.3 Å². The molecule has 6 N–H and O–H groups in total. The second-order valence-electron chi connectivity index (χ2n) is 5.47. The van der Waals surface area contributed by atoms with E-state index in [2.05, 4.69) is 0 Å². The summed E-state index contributed by atoms with van der Waals surface area (Å²) in [4.78, 5) is 0. The lowest BCUT2D eigenvalue weighted by atomic mass is 10.0. The Bertz CT molecular complexity index is 354. The van der Waals surface area contributed by atoms with Crippen molar-refractivity contribution < 1.29 is 44.8 Å². The molecule has 0 aromatic carbocycles. The van der Waals surface area contributed by atoms with E-state index in [1.54, 1.807) is 6.92 Å². The minimum atomic E-state index is -2.05. The molecule has 21 heavy (non-hydrogen) atoms. The summed E-state index contributed by atoms with van der Waals surface area (Å²) in [7, 11) is 0. The summed E-state index contributed by atoms with van der Waals surface area (Å²) < 4.78 is 15.9. The summed E-state index contributed by atoms with van der Waals surface area (Å²) >= 11 is 0. The van der Waals surface area contributed by atoms with Crippen molar-refractivity contribution in [2.75, 3.05) is 13.2 Å². The standard InChI is InChI=1S/C12H22O9/c1-5-2-6(15)8(16)11(19-5)21-12(4-14)10(18)9(17)7(3-13)20-12/h5-11,13-18H,2-4H2,1H3/t5-,6+,7-,8-,9-,10+,11-,12+/m1/s1. The summed E-state index contributed by atoms with van der Waals surface area (Å²) in [6.45, 7) is 0.240. The Kier molecular flexibility index (Phi) is 5.19. The lowest BCUT2D eigenvalue weighted by molar-refractivity contribution is -0.371. The number of aliphatic hydroxyl groups is 6. The first-order valence-corrected chi connectivity index (χ1v) is 6.79. The van der Waals surface area contributed by atoms with Gasteiger partial charge in [-0.2, -0.15) is 0 Å². The van der Waals surface area contributed by atoms with Crippen molar-refractivity contribution in [1.82, 2.24) is 0 Å². The molecular formula is C12H22O9. The molecule has 2 rings (SSSR count). The lowest BCUT2D eigenvalue weighted by Gasteiger charge is -2.40. The predicted octanol–water partition coefficient (Wildman–Crippen LogP) is -3.34. The molecule has 0 unspecified atom stereocenters. The van der Waals surface area contributed by atoms with Crippen LogP contribution in [0.25, 0.3) is 0 Å². The summed E-state index contributed by atoms with van der Waals surface area (Å²) in [6.07, 6.45) is -8.31. The maximum absolute atomic E-state index is 9.99. The molecule has 2 aliphatic heterocycles. The summed E-state index contributed by atoms with van der Waals surface area (Å²) in [5.41, 5.74) is 0. The molecule has 2 saturated heterocycles. The van der Waals surface area contributed by atoms with E-state index >= 15 is 0 Å². The van der Waals surface area contributed by atoms with E-state index in [0.29, 0.717) is 0 Å².